The van der Waals surface area contributed by atoms with Crippen LogP contribution in [0.15, 0.2) is 54.9 Å². The largest absolute Gasteiger partial charge is 0.491 e. The average Bonchev–Trinajstić information content (AvgIpc) is 3.53. The van der Waals surface area contributed by atoms with E-state index in [1.165, 1.54) is 12.5 Å². The number of para-hydroxylation sites is 1. The molecular formula is C29H33N7O3S2. The molecule has 10 nitrogen and oxygen atoms in total. The summed E-state index contributed by atoms with van der Waals surface area (Å²) < 4.78 is 17.7. The van der Waals surface area contributed by atoms with Crippen LogP contribution in [0, 0.1) is 9.54 Å². The van der Waals surface area contributed by atoms with Gasteiger partial charge in [-0.15, -0.1) is 0 Å². The number of rotatable bonds is 8. The van der Waals surface area contributed by atoms with Crippen LogP contribution in [0.1, 0.15) is 48.3 Å². The summed E-state index contributed by atoms with van der Waals surface area (Å²) in [4.78, 5) is 18.0. The lowest BCUT2D eigenvalue weighted by Gasteiger charge is -2.31. The van der Waals surface area contributed by atoms with Crippen LogP contribution in [0.4, 0.5) is 11.5 Å². The number of carbonyl (C=O) groups excluding carboxylic acids is 1. The molecule has 2 aromatic carbocycles. The van der Waals surface area contributed by atoms with Crippen molar-refractivity contribution in [3.63, 3.8) is 0 Å². The fourth-order valence-electron chi connectivity index (χ4n) is 5.83. The summed E-state index contributed by atoms with van der Waals surface area (Å²) in [5, 5.41) is 6.55. The Morgan fingerprint density at radius 3 is 2.46 bits per heavy atom. The summed E-state index contributed by atoms with van der Waals surface area (Å²) in [7, 11) is 0. The van der Waals surface area contributed by atoms with Crippen molar-refractivity contribution in [2.24, 2.45) is 5.73 Å². The molecule has 1 amide bonds. The second-order valence-electron chi connectivity index (χ2n) is 10.5. The highest BCUT2D eigenvalue weighted by Gasteiger charge is 2.29. The van der Waals surface area contributed by atoms with Gasteiger partial charge < -0.3 is 40.4 Å². The number of nitrogens with two attached hydrogens (primary N) is 1. The van der Waals surface area contributed by atoms with Crippen LogP contribution in [0.5, 0.6) is 11.5 Å². The first-order valence-electron chi connectivity index (χ1n) is 13.7. The molecule has 3 atom stereocenters. The molecule has 12 heteroatoms. The summed E-state index contributed by atoms with van der Waals surface area (Å²) >= 11 is 11.5. The Balaban J connectivity index is 1.28. The van der Waals surface area contributed by atoms with E-state index in [4.69, 9.17) is 39.6 Å². The van der Waals surface area contributed by atoms with Gasteiger partial charge in [-0.3, -0.25) is 9.36 Å². The molecule has 1 unspecified atom stereocenters. The van der Waals surface area contributed by atoms with Crippen LogP contribution in [-0.4, -0.2) is 44.8 Å². The Morgan fingerprint density at radius 1 is 1.00 bits per heavy atom. The number of hydrogen-bond acceptors (Lipinski definition) is 7. The number of amides is 1. The van der Waals surface area contributed by atoms with Gasteiger partial charge in [0.1, 0.15) is 30.5 Å². The van der Waals surface area contributed by atoms with Gasteiger partial charge in [-0.25, -0.2) is 0 Å². The molecule has 2 aromatic heterocycles. The topological polar surface area (TPSA) is 127 Å². The van der Waals surface area contributed by atoms with E-state index in [9.17, 15) is 4.79 Å². The van der Waals surface area contributed by atoms with Gasteiger partial charge in [0.25, 0.3) is 0 Å². The van der Waals surface area contributed by atoms with Crippen LogP contribution in [-0.2, 0) is 17.6 Å². The molecule has 0 radical (unpaired) electrons. The molecule has 0 saturated carbocycles. The van der Waals surface area contributed by atoms with E-state index >= 15 is 0 Å². The van der Waals surface area contributed by atoms with Gasteiger partial charge >= 0.3 is 0 Å². The molecule has 2 aliphatic heterocycles. The molecule has 0 spiro atoms. The maximum atomic E-state index is 11.6. The highest BCUT2D eigenvalue weighted by molar-refractivity contribution is 7.71. The molecule has 6 N–H and O–H groups in total. The van der Waals surface area contributed by atoms with Crippen molar-refractivity contribution in [3.05, 3.63) is 81.2 Å². The van der Waals surface area contributed by atoms with Crippen LogP contribution < -0.4 is 25.8 Å². The summed E-state index contributed by atoms with van der Waals surface area (Å²) in [6.45, 7) is 2.98. The van der Waals surface area contributed by atoms with Gasteiger partial charge in [0.15, 0.2) is 9.54 Å². The molecule has 4 heterocycles. The number of fused-ring (bicyclic) bond motifs is 2. The molecule has 0 saturated heterocycles. The number of aromatic nitrogens is 4. The Kier molecular flexibility index (Phi) is 7.69. The molecule has 41 heavy (non-hydrogen) atoms. The first-order chi connectivity index (χ1) is 19.9. The second-order valence-corrected chi connectivity index (χ2v) is 11.2. The quantitative estimate of drug-likeness (QED) is 0.178. The van der Waals surface area contributed by atoms with Gasteiger partial charge in [0.05, 0.1) is 23.8 Å². The van der Waals surface area contributed by atoms with Crippen molar-refractivity contribution in [1.29, 1.82) is 0 Å². The number of aromatic amines is 2. The van der Waals surface area contributed by atoms with Crippen molar-refractivity contribution < 1.29 is 14.3 Å². The number of ether oxygens (including phenoxy) is 2. The number of benzene rings is 2. The fraction of sp³-hybridized carbons (Fsp3) is 0.345. The summed E-state index contributed by atoms with van der Waals surface area (Å²) in [5.41, 5.74) is 10.0. The van der Waals surface area contributed by atoms with E-state index in [0.29, 0.717) is 42.1 Å². The Morgan fingerprint density at radius 2 is 1.68 bits per heavy atom. The van der Waals surface area contributed by atoms with Crippen molar-refractivity contribution in [3.8, 4) is 11.5 Å². The first kappa shape index (κ1) is 27.3. The monoisotopic (exact) mass is 591 g/mol. The minimum Gasteiger partial charge on any atom is -0.491 e. The predicted octanol–water partition coefficient (Wildman–Crippen LogP) is 5.22. The van der Waals surface area contributed by atoms with Gasteiger partial charge in [0.2, 0.25) is 5.91 Å². The first-order valence-corrected chi connectivity index (χ1v) is 14.5. The normalized spacial score (nSPS) is 18.4. The smallest absolute Gasteiger partial charge is 0.221 e. The zero-order valence-electron chi connectivity index (χ0n) is 22.7. The Hall–Kier alpha value is -3.87. The van der Waals surface area contributed by atoms with Gasteiger partial charge in [0, 0.05) is 37.8 Å². The van der Waals surface area contributed by atoms with E-state index in [1.807, 2.05) is 48.8 Å². The SMILES string of the molecule is CC(=O)Nc1ccc2c(c1)C[C@@H](n1c(NC(CCN)c3c[nH]c(=S)n3[C@H]3COc4ccccc4C3)c[nH]c1=S)CO2. The standard InChI is InChI=1S/C29H33N7O3S2/c1-17(37)33-20-6-7-26-19(10-20)12-22(16-39-26)36-27(14-32-29(36)41)34-23(8-9-30)24-13-31-28(40)35(24)21-11-18-4-2-3-5-25(18)38-15-21/h2-7,10,13-14,21-23,34H,8-9,11-12,15-16,30H2,1H3,(H,31,40)(H,32,41)(H,33,37)/t21-,22-,23?/m1/s1. The summed E-state index contributed by atoms with van der Waals surface area (Å²) in [5.74, 6) is 2.47. The van der Waals surface area contributed by atoms with Crippen molar-refractivity contribution in [1.82, 2.24) is 19.1 Å². The highest BCUT2D eigenvalue weighted by Crippen LogP contribution is 2.36. The molecular weight excluding hydrogens is 558 g/mol. The number of nitrogens with zero attached hydrogens (tertiary/aromatic N) is 2. The number of hydrogen-bond donors (Lipinski definition) is 5. The zero-order valence-corrected chi connectivity index (χ0v) is 24.3. The van der Waals surface area contributed by atoms with Crippen LogP contribution >= 0.6 is 24.4 Å². The minimum atomic E-state index is -0.135. The van der Waals surface area contributed by atoms with Gasteiger partial charge in [-0.05, 0) is 72.8 Å². The lowest BCUT2D eigenvalue weighted by molar-refractivity contribution is -0.114. The van der Waals surface area contributed by atoms with Gasteiger partial charge in [-0.1, -0.05) is 18.2 Å². The van der Waals surface area contributed by atoms with E-state index in [0.717, 1.165) is 40.7 Å². The molecule has 0 bridgehead atoms. The molecule has 2 aliphatic rings. The predicted molar refractivity (Wildman–Crippen MR) is 163 cm³/mol. The molecule has 0 aliphatic carbocycles. The number of carbonyl (C=O) groups is 1. The van der Waals surface area contributed by atoms with E-state index in [-0.39, 0.29) is 24.0 Å². The molecule has 214 valence electrons. The average molecular weight is 592 g/mol. The number of imidazole rings is 2. The summed E-state index contributed by atoms with van der Waals surface area (Å²) in [6.07, 6.45) is 6.06. The zero-order chi connectivity index (χ0) is 28.5. The number of H-pyrrole nitrogens is 2. The molecule has 6 rings (SSSR count). The second kappa shape index (κ2) is 11.6. The van der Waals surface area contributed by atoms with Crippen molar-refractivity contribution in [2.75, 3.05) is 30.4 Å². The van der Waals surface area contributed by atoms with Crippen molar-refractivity contribution >= 4 is 41.8 Å². The van der Waals surface area contributed by atoms with Crippen molar-refractivity contribution in [2.45, 2.75) is 44.3 Å². The lowest BCUT2D eigenvalue weighted by atomic mass is 10.0. The Bertz CT molecular complexity index is 1690. The van der Waals surface area contributed by atoms with Crippen LogP contribution in [0.2, 0.25) is 0 Å². The molecule has 0 fully saturated rings. The third-order valence-electron chi connectivity index (χ3n) is 7.64. The lowest BCUT2D eigenvalue weighted by Crippen LogP contribution is -2.29. The summed E-state index contributed by atoms with van der Waals surface area (Å²) in [6, 6.07) is 13.7. The fourth-order valence-corrected chi connectivity index (χ4v) is 6.45. The maximum Gasteiger partial charge on any atom is 0.221 e. The third-order valence-corrected chi connectivity index (χ3v) is 8.27. The highest BCUT2D eigenvalue weighted by atomic mass is 32.1. The van der Waals surface area contributed by atoms with Crippen LogP contribution in [0.25, 0.3) is 0 Å². The number of anilines is 2. The minimum absolute atomic E-state index is 0.0500. The number of nitrogens with one attached hydrogen (secondary N) is 4. The van der Waals surface area contributed by atoms with Crippen LogP contribution in [0.3, 0.4) is 0 Å². The third kappa shape index (κ3) is 5.54. The molecule has 4 aromatic rings. The van der Waals surface area contributed by atoms with Gasteiger partial charge in [-0.2, -0.15) is 0 Å². The maximum absolute atomic E-state index is 11.6. The van der Waals surface area contributed by atoms with E-state index < -0.39 is 0 Å². The Labute approximate surface area is 247 Å². The van der Waals surface area contributed by atoms with E-state index in [2.05, 4.69) is 35.8 Å². The van der Waals surface area contributed by atoms with E-state index in [1.54, 1.807) is 0 Å².